The number of fused-ring (bicyclic) bond motifs is 12. The second-order valence-electron chi connectivity index (χ2n) is 18.0. The predicted octanol–water partition coefficient (Wildman–Crippen LogP) is 16.9. The van der Waals surface area contributed by atoms with Gasteiger partial charge in [-0.15, -0.1) is 11.3 Å². The van der Waals surface area contributed by atoms with Crippen molar-refractivity contribution < 1.29 is 0 Å². The number of rotatable bonds is 5. The van der Waals surface area contributed by atoms with Crippen LogP contribution in [0.2, 0.25) is 0 Å². The molecule has 0 bridgehead atoms. The molecule has 0 aliphatic heterocycles. The summed E-state index contributed by atoms with van der Waals surface area (Å²) in [7, 11) is 0. The van der Waals surface area contributed by atoms with Gasteiger partial charge in [-0.3, -0.25) is 0 Å². The molecule has 69 heavy (non-hydrogen) atoms. The maximum Gasteiger partial charge on any atom is 0.166 e. The molecule has 320 valence electrons. The first-order valence-electron chi connectivity index (χ1n) is 23.3. The summed E-state index contributed by atoms with van der Waals surface area (Å²) in [5.74, 6) is 1.84. The third-order valence-electron chi connectivity index (χ3n) is 14.1. The molecule has 15 rings (SSSR count). The van der Waals surface area contributed by atoms with Gasteiger partial charge in [0, 0.05) is 59.4 Å². The van der Waals surface area contributed by atoms with Crippen molar-refractivity contribution in [1.29, 1.82) is 0 Å². The van der Waals surface area contributed by atoms with Crippen LogP contribution in [0.1, 0.15) is 0 Å². The molecule has 0 atom stereocenters. The minimum absolute atomic E-state index is 0.609. The molecule has 11 aromatic carbocycles. The van der Waals surface area contributed by atoms with Crippen molar-refractivity contribution >= 4 is 107 Å². The average Bonchev–Trinajstić information content (AvgIpc) is 4.06. The van der Waals surface area contributed by atoms with Crippen molar-refractivity contribution in [2.45, 2.75) is 0 Å². The van der Waals surface area contributed by atoms with Gasteiger partial charge < -0.3 is 9.13 Å². The summed E-state index contributed by atoms with van der Waals surface area (Å²) in [5.41, 5.74) is 9.44. The molecular formula is C63H37N5S. The largest absolute Gasteiger partial charge is 0.309 e. The molecule has 4 aromatic heterocycles. The maximum atomic E-state index is 5.65. The molecule has 0 saturated heterocycles. The van der Waals surface area contributed by atoms with Gasteiger partial charge in [0.05, 0.1) is 32.5 Å². The van der Waals surface area contributed by atoms with Crippen molar-refractivity contribution in [3.63, 3.8) is 0 Å². The van der Waals surface area contributed by atoms with Crippen molar-refractivity contribution in [2.24, 2.45) is 0 Å². The summed E-state index contributed by atoms with van der Waals surface area (Å²) in [6.45, 7) is 0. The lowest BCUT2D eigenvalue weighted by Gasteiger charge is -2.16. The quantitative estimate of drug-likeness (QED) is 0.173. The molecule has 0 amide bonds. The normalized spacial score (nSPS) is 12.1. The van der Waals surface area contributed by atoms with Gasteiger partial charge in [0.15, 0.2) is 17.5 Å². The third kappa shape index (κ3) is 5.79. The van der Waals surface area contributed by atoms with Crippen LogP contribution in [0, 0.1) is 0 Å². The Bertz CT molecular complexity index is 4520. The predicted molar refractivity (Wildman–Crippen MR) is 290 cm³/mol. The first-order valence-corrected chi connectivity index (χ1v) is 24.2. The van der Waals surface area contributed by atoms with Crippen LogP contribution in [0.5, 0.6) is 0 Å². The smallest absolute Gasteiger partial charge is 0.166 e. The van der Waals surface area contributed by atoms with Crippen molar-refractivity contribution in [3.8, 4) is 45.5 Å². The summed E-state index contributed by atoms with van der Waals surface area (Å²) in [6, 6.07) is 81.0. The second-order valence-corrected chi connectivity index (χ2v) is 19.0. The second kappa shape index (κ2) is 14.8. The highest BCUT2D eigenvalue weighted by Gasteiger charge is 2.25. The van der Waals surface area contributed by atoms with Crippen LogP contribution in [-0.4, -0.2) is 24.1 Å². The third-order valence-corrected chi connectivity index (χ3v) is 15.3. The molecule has 0 N–H and O–H groups in total. The maximum absolute atomic E-state index is 5.65. The topological polar surface area (TPSA) is 48.5 Å². The van der Waals surface area contributed by atoms with E-state index in [2.05, 4.69) is 234 Å². The number of hydrogen-bond acceptors (Lipinski definition) is 4. The zero-order chi connectivity index (χ0) is 45.2. The number of para-hydroxylation sites is 2. The number of aromatic nitrogens is 5. The van der Waals surface area contributed by atoms with E-state index in [0.29, 0.717) is 17.5 Å². The fourth-order valence-corrected chi connectivity index (χ4v) is 12.2. The van der Waals surface area contributed by atoms with Gasteiger partial charge in [-0.2, -0.15) is 0 Å². The Kier molecular flexibility index (Phi) is 8.17. The molecule has 0 aliphatic rings. The Morgan fingerprint density at radius 3 is 1.61 bits per heavy atom. The lowest BCUT2D eigenvalue weighted by atomic mass is 10.0. The molecule has 4 heterocycles. The summed E-state index contributed by atoms with van der Waals surface area (Å²) >= 11 is 1.83. The molecule has 0 aliphatic carbocycles. The molecule has 15 aromatic rings. The Balaban J connectivity index is 1.09. The van der Waals surface area contributed by atoms with Gasteiger partial charge in [0.25, 0.3) is 0 Å². The molecular weight excluding hydrogens is 859 g/mol. The van der Waals surface area contributed by atoms with E-state index < -0.39 is 0 Å². The van der Waals surface area contributed by atoms with E-state index in [-0.39, 0.29) is 0 Å². The monoisotopic (exact) mass is 895 g/mol. The van der Waals surface area contributed by atoms with E-state index in [0.717, 1.165) is 71.7 Å². The van der Waals surface area contributed by atoms with E-state index in [9.17, 15) is 0 Å². The number of thiophene rings is 1. The van der Waals surface area contributed by atoms with Crippen molar-refractivity contribution in [1.82, 2.24) is 24.1 Å². The van der Waals surface area contributed by atoms with Crippen molar-refractivity contribution in [3.05, 3.63) is 224 Å². The Morgan fingerprint density at radius 1 is 0.319 bits per heavy atom. The van der Waals surface area contributed by atoms with Gasteiger partial charge in [-0.25, -0.2) is 15.0 Å². The van der Waals surface area contributed by atoms with Gasteiger partial charge in [-0.1, -0.05) is 158 Å². The molecule has 6 heteroatoms. The molecule has 0 saturated carbocycles. The van der Waals surface area contributed by atoms with Crippen LogP contribution < -0.4 is 0 Å². The molecule has 0 spiro atoms. The first-order chi connectivity index (χ1) is 34.2. The summed E-state index contributed by atoms with van der Waals surface area (Å²) in [5, 5.41) is 14.2. The van der Waals surface area contributed by atoms with Gasteiger partial charge >= 0.3 is 0 Å². The zero-order valence-electron chi connectivity index (χ0n) is 37.0. The Hall–Kier alpha value is -8.97. The summed E-state index contributed by atoms with van der Waals surface area (Å²) < 4.78 is 7.27. The summed E-state index contributed by atoms with van der Waals surface area (Å²) in [4.78, 5) is 16.7. The number of benzene rings is 11. The minimum atomic E-state index is 0.609. The average molecular weight is 896 g/mol. The van der Waals surface area contributed by atoms with Gasteiger partial charge in [0.1, 0.15) is 0 Å². The van der Waals surface area contributed by atoms with E-state index in [1.165, 1.54) is 52.5 Å². The fourth-order valence-electron chi connectivity index (χ4n) is 10.9. The van der Waals surface area contributed by atoms with Crippen molar-refractivity contribution in [2.75, 3.05) is 0 Å². The van der Waals surface area contributed by atoms with E-state index >= 15 is 0 Å². The highest BCUT2D eigenvalue weighted by molar-refractivity contribution is 7.26. The van der Waals surface area contributed by atoms with Crippen LogP contribution >= 0.6 is 11.3 Å². The lowest BCUT2D eigenvalue weighted by Crippen LogP contribution is -2.04. The Labute approximate surface area is 399 Å². The van der Waals surface area contributed by atoms with Crippen LogP contribution in [0.25, 0.3) is 142 Å². The highest BCUT2D eigenvalue weighted by atomic mass is 32.1. The van der Waals surface area contributed by atoms with Gasteiger partial charge in [0.2, 0.25) is 0 Å². The SMILES string of the molecule is c1ccc(-n2c3ccccc3c3c(-c4nc(-c5ccc6ccccc6c5)nc(-c5ccc6c(sc7ccccc76)c5-n5c6cc7ccccc7cc6c6cc7ccccc7cc65)n4)cccc32)cc1. The molecule has 0 radical (unpaired) electrons. The first kappa shape index (κ1) is 38.2. The van der Waals surface area contributed by atoms with E-state index in [1.54, 1.807) is 0 Å². The van der Waals surface area contributed by atoms with Crippen LogP contribution in [0.4, 0.5) is 0 Å². The Morgan fingerprint density at radius 2 is 0.884 bits per heavy atom. The van der Waals surface area contributed by atoms with Crippen LogP contribution in [-0.2, 0) is 0 Å². The van der Waals surface area contributed by atoms with Gasteiger partial charge in [-0.05, 0) is 99.0 Å². The minimum Gasteiger partial charge on any atom is -0.309 e. The molecule has 0 unspecified atom stereocenters. The summed E-state index contributed by atoms with van der Waals surface area (Å²) in [6.07, 6.45) is 0. The van der Waals surface area contributed by atoms with Crippen LogP contribution in [0.15, 0.2) is 224 Å². The number of hydrogen-bond donors (Lipinski definition) is 0. The molecule has 0 fully saturated rings. The standard InChI is InChI=1S/C63H37N5S/c1-2-21-45(22-3-1)67-53-26-12-10-24-48(53)58-49(25-14-27-54(58)67)62-64-61(44-30-29-38-15-4-5-16-39(38)33-44)65-63(66-62)50-32-31-47-46-23-11-13-28-57(46)69-60(47)59(50)68-55-36-42-19-8-6-17-40(42)34-51(55)52-35-41-18-7-9-20-43(41)37-56(52)68/h1-37H. The lowest BCUT2D eigenvalue weighted by molar-refractivity contribution is 1.07. The van der Waals surface area contributed by atoms with Crippen LogP contribution in [0.3, 0.4) is 0 Å². The van der Waals surface area contributed by atoms with E-state index in [4.69, 9.17) is 15.0 Å². The van der Waals surface area contributed by atoms with E-state index in [1.807, 2.05) is 11.3 Å². The molecule has 5 nitrogen and oxygen atoms in total. The highest BCUT2D eigenvalue weighted by Crippen LogP contribution is 2.47. The number of nitrogens with zero attached hydrogens (tertiary/aromatic N) is 5. The zero-order valence-corrected chi connectivity index (χ0v) is 37.8. The fraction of sp³-hybridized carbons (Fsp3) is 0.